The second kappa shape index (κ2) is 6.68. The zero-order valence-corrected chi connectivity index (χ0v) is 16.4. The normalized spacial score (nSPS) is 16.0. The van der Waals surface area contributed by atoms with Crippen molar-refractivity contribution >= 4 is 33.3 Å². The Kier molecular flexibility index (Phi) is 4.44. The molecule has 2 heterocycles. The van der Waals surface area contributed by atoms with Crippen LogP contribution in [-0.2, 0) is 7.05 Å². The van der Waals surface area contributed by atoms with E-state index in [1.165, 1.54) is 6.07 Å². The van der Waals surface area contributed by atoms with Crippen molar-refractivity contribution in [3.63, 3.8) is 0 Å². The Bertz CT molecular complexity index is 1090. The number of benzene rings is 2. The summed E-state index contributed by atoms with van der Waals surface area (Å²) >= 11 is 0. The summed E-state index contributed by atoms with van der Waals surface area (Å²) < 4.78 is 2.00. The highest BCUT2D eigenvalue weighted by Gasteiger charge is 2.35. The molecule has 0 bridgehead atoms. The number of nitro groups is 1. The number of nitrogens with zero attached hydrogens (tertiary/aromatic N) is 3. The Morgan fingerprint density at radius 2 is 1.68 bits per heavy atom. The lowest BCUT2D eigenvalue weighted by Gasteiger charge is -2.40. The van der Waals surface area contributed by atoms with E-state index in [-0.39, 0.29) is 16.4 Å². The maximum Gasteiger partial charge on any atom is 0.270 e. The molecule has 28 heavy (non-hydrogen) atoms. The number of fused-ring (bicyclic) bond motifs is 3. The molecule has 0 radical (unpaired) electrons. The molecule has 1 N–H and O–H groups in total. The molecule has 0 aliphatic carbocycles. The first kappa shape index (κ1) is 18.6. The van der Waals surface area contributed by atoms with E-state index in [0.29, 0.717) is 5.56 Å². The number of aromatic nitrogens is 1. The Morgan fingerprint density at radius 3 is 2.32 bits per heavy atom. The van der Waals surface area contributed by atoms with Crippen LogP contribution < -0.4 is 5.32 Å². The molecule has 0 atom stereocenters. The van der Waals surface area contributed by atoms with Crippen LogP contribution in [-0.4, -0.2) is 51.9 Å². The van der Waals surface area contributed by atoms with Gasteiger partial charge in [0.2, 0.25) is 0 Å². The molecule has 1 aromatic heterocycles. The van der Waals surface area contributed by atoms with E-state index in [0.717, 1.165) is 48.0 Å². The van der Waals surface area contributed by atoms with Crippen LogP contribution in [0.1, 0.15) is 24.2 Å². The van der Waals surface area contributed by atoms with Crippen LogP contribution >= 0.6 is 0 Å². The van der Waals surface area contributed by atoms with Crippen molar-refractivity contribution in [2.24, 2.45) is 7.05 Å². The highest BCUT2D eigenvalue weighted by atomic mass is 16.6. The maximum absolute atomic E-state index is 13.4. The molecule has 1 aliphatic rings. The van der Waals surface area contributed by atoms with Crippen molar-refractivity contribution in [1.82, 2.24) is 14.8 Å². The first-order chi connectivity index (χ1) is 13.3. The number of non-ortho nitro benzene ring substituents is 1. The molecular weight excluding hydrogens is 356 g/mol. The van der Waals surface area contributed by atoms with Crippen LogP contribution in [0.2, 0.25) is 0 Å². The van der Waals surface area contributed by atoms with Gasteiger partial charge in [-0.15, -0.1) is 0 Å². The van der Waals surface area contributed by atoms with Crippen LogP contribution in [0.3, 0.4) is 0 Å². The number of piperazine rings is 1. The first-order valence-corrected chi connectivity index (χ1v) is 9.48. The minimum absolute atomic E-state index is 0.0536. The Balaban J connectivity index is 1.82. The molecule has 7 heteroatoms. The lowest BCUT2D eigenvalue weighted by Crippen LogP contribution is -2.57. The molecular formula is C21H24N4O3. The van der Waals surface area contributed by atoms with Gasteiger partial charge in [-0.05, 0) is 38.1 Å². The lowest BCUT2D eigenvalue weighted by atomic mass is 9.90. The molecule has 0 spiro atoms. The number of nitrogens with one attached hydrogen (secondary N) is 1. The van der Waals surface area contributed by atoms with Crippen LogP contribution in [0.25, 0.3) is 21.8 Å². The molecule has 1 fully saturated rings. The monoisotopic (exact) mass is 380 g/mol. The van der Waals surface area contributed by atoms with E-state index in [9.17, 15) is 14.9 Å². The summed E-state index contributed by atoms with van der Waals surface area (Å²) in [5.74, 6) is 0.0683. The largest absolute Gasteiger partial charge is 0.344 e. The van der Waals surface area contributed by atoms with Crippen LogP contribution in [0.15, 0.2) is 36.4 Å². The summed E-state index contributed by atoms with van der Waals surface area (Å²) in [5, 5.41) is 16.2. The van der Waals surface area contributed by atoms with Gasteiger partial charge in [0.25, 0.3) is 5.69 Å². The van der Waals surface area contributed by atoms with Gasteiger partial charge in [-0.3, -0.25) is 19.8 Å². The molecule has 0 unspecified atom stereocenters. The number of carbonyl (C=O) groups excluding carboxylic acids is 1. The number of hydrogen-bond donors (Lipinski definition) is 1. The predicted molar refractivity (Wildman–Crippen MR) is 110 cm³/mol. The van der Waals surface area contributed by atoms with Crippen molar-refractivity contribution in [1.29, 1.82) is 0 Å². The minimum atomic E-state index is -0.605. The van der Waals surface area contributed by atoms with Crippen molar-refractivity contribution < 1.29 is 9.72 Å². The number of hydrogen-bond acceptors (Lipinski definition) is 5. The smallest absolute Gasteiger partial charge is 0.270 e. The Labute approximate surface area is 163 Å². The Hall–Kier alpha value is -2.77. The predicted octanol–water partition coefficient (Wildman–Crippen LogP) is 3.11. The van der Waals surface area contributed by atoms with Crippen molar-refractivity contribution in [2.45, 2.75) is 19.4 Å². The fraction of sp³-hybridized carbons (Fsp3) is 0.381. The van der Waals surface area contributed by atoms with Crippen molar-refractivity contribution in [3.05, 3.63) is 52.1 Å². The van der Waals surface area contributed by atoms with Gasteiger partial charge in [0, 0.05) is 72.7 Å². The van der Waals surface area contributed by atoms with Crippen LogP contribution in [0, 0.1) is 10.1 Å². The highest BCUT2D eigenvalue weighted by molar-refractivity contribution is 6.12. The second-order valence-corrected chi connectivity index (χ2v) is 7.87. The van der Waals surface area contributed by atoms with E-state index in [1.807, 2.05) is 43.7 Å². The van der Waals surface area contributed by atoms with Gasteiger partial charge >= 0.3 is 0 Å². The highest BCUT2D eigenvalue weighted by Crippen LogP contribution is 2.32. The van der Waals surface area contributed by atoms with Gasteiger partial charge in [0.1, 0.15) is 0 Å². The number of carbonyl (C=O) groups is 1. The molecule has 0 saturated carbocycles. The third kappa shape index (κ3) is 2.87. The van der Waals surface area contributed by atoms with Gasteiger partial charge in [-0.25, -0.2) is 0 Å². The summed E-state index contributed by atoms with van der Waals surface area (Å²) in [4.78, 5) is 26.4. The Morgan fingerprint density at radius 1 is 1.07 bits per heavy atom. The number of Topliss-reactive ketones (excluding diaryl/α,β-unsaturated/α-hetero) is 1. The first-order valence-electron chi connectivity index (χ1n) is 9.48. The van der Waals surface area contributed by atoms with Crippen molar-refractivity contribution in [2.75, 3.05) is 26.2 Å². The quantitative estimate of drug-likeness (QED) is 0.427. The van der Waals surface area contributed by atoms with Gasteiger partial charge in [0.05, 0.1) is 10.5 Å². The van der Waals surface area contributed by atoms with E-state index >= 15 is 0 Å². The van der Waals surface area contributed by atoms with Gasteiger partial charge in [-0.2, -0.15) is 0 Å². The summed E-state index contributed by atoms with van der Waals surface area (Å²) in [6.07, 6.45) is 0. The zero-order chi connectivity index (χ0) is 20.1. The molecule has 1 aliphatic heterocycles. The lowest BCUT2D eigenvalue weighted by molar-refractivity contribution is -0.384. The topological polar surface area (TPSA) is 80.4 Å². The molecule has 146 valence electrons. The number of rotatable bonds is 4. The molecule has 1 saturated heterocycles. The van der Waals surface area contributed by atoms with Gasteiger partial charge in [0.15, 0.2) is 5.78 Å². The third-order valence-corrected chi connectivity index (χ3v) is 5.93. The fourth-order valence-corrected chi connectivity index (χ4v) is 4.18. The summed E-state index contributed by atoms with van der Waals surface area (Å²) in [5.41, 5.74) is 1.94. The summed E-state index contributed by atoms with van der Waals surface area (Å²) in [6, 6.07) is 10.5. The third-order valence-electron chi connectivity index (χ3n) is 5.93. The maximum atomic E-state index is 13.4. The molecule has 3 aromatic rings. The summed E-state index contributed by atoms with van der Waals surface area (Å²) in [7, 11) is 1.93. The average molecular weight is 380 g/mol. The molecule has 2 aromatic carbocycles. The van der Waals surface area contributed by atoms with Gasteiger partial charge < -0.3 is 9.88 Å². The van der Waals surface area contributed by atoms with Gasteiger partial charge in [-0.1, -0.05) is 0 Å². The van der Waals surface area contributed by atoms with Crippen LogP contribution in [0.5, 0.6) is 0 Å². The molecule has 0 amide bonds. The number of ketones is 1. The van der Waals surface area contributed by atoms with E-state index in [4.69, 9.17) is 0 Å². The molecule has 7 nitrogen and oxygen atoms in total. The number of nitro benzene ring substituents is 1. The zero-order valence-electron chi connectivity index (χ0n) is 16.4. The fourth-order valence-electron chi connectivity index (χ4n) is 4.18. The van der Waals surface area contributed by atoms with E-state index in [2.05, 4.69) is 10.2 Å². The minimum Gasteiger partial charge on any atom is -0.344 e. The average Bonchev–Trinajstić information content (AvgIpc) is 2.99. The van der Waals surface area contributed by atoms with Crippen molar-refractivity contribution in [3.8, 4) is 0 Å². The second-order valence-electron chi connectivity index (χ2n) is 7.87. The summed E-state index contributed by atoms with van der Waals surface area (Å²) in [6.45, 7) is 7.37. The standard InChI is InChI=1S/C21H24N4O3/c1-21(2,24-10-8-22-9-11-24)20(26)14-4-6-18-16(12-14)17-13-15(25(27)28)5-7-19(17)23(18)3/h4-7,12-13,22H,8-11H2,1-3H3. The van der Waals surface area contributed by atoms with E-state index in [1.54, 1.807) is 12.1 Å². The van der Waals surface area contributed by atoms with Crippen LogP contribution in [0.4, 0.5) is 5.69 Å². The SMILES string of the molecule is Cn1c2ccc(C(=O)C(C)(C)N3CCNCC3)cc2c2cc([N+](=O)[O-])ccc21. The van der Waals surface area contributed by atoms with E-state index < -0.39 is 5.54 Å². The molecule has 4 rings (SSSR count). The number of aryl methyl sites for hydroxylation is 1.